The molecule has 0 radical (unpaired) electrons. The van der Waals surface area contributed by atoms with Crippen molar-refractivity contribution in [2.75, 3.05) is 31.1 Å². The fourth-order valence-electron chi connectivity index (χ4n) is 3.77. The molecular formula is C23H27FN6O. The summed E-state index contributed by atoms with van der Waals surface area (Å²) in [6.45, 7) is 6.74. The van der Waals surface area contributed by atoms with Gasteiger partial charge in [0, 0.05) is 55.9 Å². The Bertz CT molecular complexity index is 1040. The first-order valence-corrected chi connectivity index (χ1v) is 10.7. The molecule has 0 saturated carbocycles. The highest BCUT2D eigenvalue weighted by atomic mass is 19.1. The highest BCUT2D eigenvalue weighted by Gasteiger charge is 2.23. The number of carbonyl (C=O) groups excluding carboxylic acids is 1. The zero-order chi connectivity index (χ0) is 21.8. The van der Waals surface area contributed by atoms with E-state index >= 15 is 0 Å². The van der Waals surface area contributed by atoms with E-state index in [-0.39, 0.29) is 18.3 Å². The lowest BCUT2D eigenvalue weighted by Crippen LogP contribution is -2.50. The van der Waals surface area contributed by atoms with Gasteiger partial charge >= 0.3 is 0 Å². The molecule has 0 spiro atoms. The van der Waals surface area contributed by atoms with E-state index in [0.29, 0.717) is 30.0 Å². The van der Waals surface area contributed by atoms with Gasteiger partial charge in [0.05, 0.1) is 5.69 Å². The van der Waals surface area contributed by atoms with Crippen LogP contribution < -0.4 is 4.90 Å². The molecule has 3 aromatic rings. The third kappa shape index (κ3) is 4.73. The van der Waals surface area contributed by atoms with Gasteiger partial charge in [0.2, 0.25) is 5.91 Å². The first-order chi connectivity index (χ1) is 15.0. The molecule has 7 nitrogen and oxygen atoms in total. The number of halogens is 1. The van der Waals surface area contributed by atoms with Crippen LogP contribution in [-0.2, 0) is 17.8 Å². The average Bonchev–Trinajstić information content (AvgIpc) is 3.19. The number of nitrogens with zero attached hydrogens (tertiary/aromatic N) is 6. The summed E-state index contributed by atoms with van der Waals surface area (Å²) in [7, 11) is 0. The number of piperazine rings is 1. The normalized spacial score (nSPS) is 14.2. The van der Waals surface area contributed by atoms with Crippen molar-refractivity contribution in [1.29, 1.82) is 0 Å². The standard InChI is InChI=1S/C23H27FN6O/c1-3-6-18-13-21(20-14-19(24)17(2)15-26-20)27-30(18)16-23(31)29-11-9-28(10-12-29)22-7-4-5-8-25-22/h4-5,7-8,13-15H,3,6,9-12,16H2,1-2H3. The van der Waals surface area contributed by atoms with Gasteiger partial charge in [0.15, 0.2) is 0 Å². The molecule has 1 saturated heterocycles. The number of amides is 1. The summed E-state index contributed by atoms with van der Waals surface area (Å²) in [6, 6.07) is 9.17. The molecule has 162 valence electrons. The van der Waals surface area contributed by atoms with Crippen LogP contribution in [0, 0.1) is 12.7 Å². The van der Waals surface area contributed by atoms with Gasteiger partial charge < -0.3 is 9.80 Å². The number of aryl methyl sites for hydroxylation is 2. The summed E-state index contributed by atoms with van der Waals surface area (Å²) in [5.41, 5.74) is 2.53. The monoisotopic (exact) mass is 422 g/mol. The molecule has 8 heteroatoms. The van der Waals surface area contributed by atoms with Gasteiger partial charge in [-0.05, 0) is 31.5 Å². The van der Waals surface area contributed by atoms with Gasteiger partial charge in [-0.1, -0.05) is 19.4 Å². The van der Waals surface area contributed by atoms with E-state index < -0.39 is 0 Å². The number of rotatable bonds is 6. The maximum atomic E-state index is 14.0. The Balaban J connectivity index is 1.45. The van der Waals surface area contributed by atoms with E-state index in [4.69, 9.17) is 0 Å². The van der Waals surface area contributed by atoms with Gasteiger partial charge in [0.25, 0.3) is 0 Å². The first-order valence-electron chi connectivity index (χ1n) is 10.7. The van der Waals surface area contributed by atoms with Gasteiger partial charge in [-0.25, -0.2) is 9.37 Å². The van der Waals surface area contributed by atoms with Crippen LogP contribution in [0.2, 0.25) is 0 Å². The second-order valence-corrected chi connectivity index (χ2v) is 7.80. The smallest absolute Gasteiger partial charge is 0.244 e. The van der Waals surface area contributed by atoms with Crippen molar-refractivity contribution in [3.8, 4) is 11.4 Å². The van der Waals surface area contributed by atoms with Crippen LogP contribution in [0.15, 0.2) is 42.7 Å². The number of pyridine rings is 2. The molecule has 4 rings (SSSR count). The quantitative estimate of drug-likeness (QED) is 0.611. The van der Waals surface area contributed by atoms with Gasteiger partial charge in [-0.2, -0.15) is 5.10 Å². The van der Waals surface area contributed by atoms with E-state index in [0.717, 1.165) is 37.4 Å². The molecule has 0 unspecified atom stereocenters. The molecule has 1 aliphatic rings. The van der Waals surface area contributed by atoms with Crippen LogP contribution >= 0.6 is 0 Å². The fraction of sp³-hybridized carbons (Fsp3) is 0.391. The molecule has 0 aliphatic carbocycles. The van der Waals surface area contributed by atoms with Crippen molar-refractivity contribution in [3.05, 3.63) is 59.8 Å². The molecule has 1 aliphatic heterocycles. The zero-order valence-electron chi connectivity index (χ0n) is 18.0. The lowest BCUT2D eigenvalue weighted by Gasteiger charge is -2.35. The zero-order valence-corrected chi connectivity index (χ0v) is 18.0. The van der Waals surface area contributed by atoms with E-state index in [1.807, 2.05) is 29.2 Å². The number of carbonyl (C=O) groups is 1. The molecule has 0 bridgehead atoms. The first kappa shape index (κ1) is 21.0. The Labute approximate surface area is 181 Å². The summed E-state index contributed by atoms with van der Waals surface area (Å²) >= 11 is 0. The average molecular weight is 423 g/mol. The molecule has 0 N–H and O–H groups in total. The van der Waals surface area contributed by atoms with Crippen molar-refractivity contribution in [3.63, 3.8) is 0 Å². The summed E-state index contributed by atoms with van der Waals surface area (Å²) in [4.78, 5) is 25.7. The Morgan fingerprint density at radius 3 is 2.58 bits per heavy atom. The molecule has 1 fully saturated rings. The van der Waals surface area contributed by atoms with Gasteiger partial charge in [-0.3, -0.25) is 14.5 Å². The highest BCUT2D eigenvalue weighted by Crippen LogP contribution is 2.21. The van der Waals surface area contributed by atoms with Crippen LogP contribution in [0.3, 0.4) is 0 Å². The lowest BCUT2D eigenvalue weighted by molar-refractivity contribution is -0.132. The van der Waals surface area contributed by atoms with Crippen molar-refractivity contribution in [1.82, 2.24) is 24.6 Å². The number of aromatic nitrogens is 4. The number of hydrogen-bond donors (Lipinski definition) is 0. The van der Waals surface area contributed by atoms with Gasteiger partial charge in [-0.15, -0.1) is 0 Å². The van der Waals surface area contributed by atoms with E-state index in [1.165, 1.54) is 12.3 Å². The maximum Gasteiger partial charge on any atom is 0.244 e. The lowest BCUT2D eigenvalue weighted by atomic mass is 10.2. The molecular weight excluding hydrogens is 395 g/mol. The molecule has 1 amide bonds. The van der Waals surface area contributed by atoms with E-state index in [9.17, 15) is 9.18 Å². The molecule has 3 aromatic heterocycles. The molecule has 31 heavy (non-hydrogen) atoms. The Kier molecular flexibility index (Phi) is 6.25. The molecule has 0 atom stereocenters. The molecule has 4 heterocycles. The minimum atomic E-state index is -0.307. The predicted molar refractivity (Wildman–Crippen MR) is 117 cm³/mol. The maximum absolute atomic E-state index is 14.0. The third-order valence-electron chi connectivity index (χ3n) is 5.56. The second-order valence-electron chi connectivity index (χ2n) is 7.80. The van der Waals surface area contributed by atoms with Crippen LogP contribution in [0.25, 0.3) is 11.4 Å². The topological polar surface area (TPSA) is 67.2 Å². The van der Waals surface area contributed by atoms with Crippen LogP contribution in [-0.4, -0.2) is 56.7 Å². The van der Waals surface area contributed by atoms with E-state index in [1.54, 1.807) is 17.8 Å². The number of anilines is 1. The SMILES string of the molecule is CCCc1cc(-c2cc(F)c(C)cn2)nn1CC(=O)N1CCN(c2ccccn2)CC1. The minimum Gasteiger partial charge on any atom is -0.353 e. The largest absolute Gasteiger partial charge is 0.353 e. The minimum absolute atomic E-state index is 0.0377. The van der Waals surface area contributed by atoms with Crippen LogP contribution in [0.1, 0.15) is 24.6 Å². The third-order valence-corrected chi connectivity index (χ3v) is 5.56. The molecule has 0 aromatic carbocycles. The Morgan fingerprint density at radius 2 is 1.90 bits per heavy atom. The summed E-state index contributed by atoms with van der Waals surface area (Å²) in [5.74, 6) is 0.670. The second kappa shape index (κ2) is 9.24. The van der Waals surface area contributed by atoms with Gasteiger partial charge in [0.1, 0.15) is 23.9 Å². The number of hydrogen-bond acceptors (Lipinski definition) is 5. The summed E-state index contributed by atoms with van der Waals surface area (Å²) < 4.78 is 15.7. The highest BCUT2D eigenvalue weighted by molar-refractivity contribution is 5.76. The fourth-order valence-corrected chi connectivity index (χ4v) is 3.77. The van der Waals surface area contributed by atoms with E-state index in [2.05, 4.69) is 26.9 Å². The van der Waals surface area contributed by atoms with Crippen molar-refractivity contribution in [2.45, 2.75) is 33.2 Å². The van der Waals surface area contributed by atoms with Crippen LogP contribution in [0.5, 0.6) is 0 Å². The van der Waals surface area contributed by atoms with Crippen molar-refractivity contribution < 1.29 is 9.18 Å². The summed E-state index contributed by atoms with van der Waals surface area (Å²) in [6.07, 6.45) is 5.02. The Hall–Kier alpha value is -3.29. The summed E-state index contributed by atoms with van der Waals surface area (Å²) in [5, 5.41) is 4.59. The Morgan fingerprint density at radius 1 is 1.10 bits per heavy atom. The van der Waals surface area contributed by atoms with Crippen LogP contribution in [0.4, 0.5) is 10.2 Å². The predicted octanol–water partition coefficient (Wildman–Crippen LogP) is 3.09. The van der Waals surface area contributed by atoms with Crippen molar-refractivity contribution >= 4 is 11.7 Å². The van der Waals surface area contributed by atoms with Crippen molar-refractivity contribution in [2.24, 2.45) is 0 Å².